The molecule has 0 aliphatic heterocycles. The molecule has 0 atom stereocenters. The van der Waals surface area contributed by atoms with Crippen molar-refractivity contribution in [1.29, 1.82) is 0 Å². The first-order chi connectivity index (χ1) is 12.8. The van der Waals surface area contributed by atoms with E-state index in [1.54, 1.807) is 12.1 Å². The Morgan fingerprint density at radius 3 is 2.44 bits per heavy atom. The quantitative estimate of drug-likeness (QED) is 0.618. The van der Waals surface area contributed by atoms with Crippen LogP contribution in [0.4, 0.5) is 5.69 Å². The van der Waals surface area contributed by atoms with E-state index in [9.17, 15) is 14.4 Å². The number of halogens is 1. The number of benzene rings is 1. The molecule has 8 heteroatoms. The van der Waals surface area contributed by atoms with Gasteiger partial charge in [0.05, 0.1) is 19.2 Å². The number of nitrogens with one attached hydrogen (secondary N) is 2. The van der Waals surface area contributed by atoms with Crippen molar-refractivity contribution >= 4 is 39.4 Å². The van der Waals surface area contributed by atoms with Gasteiger partial charge >= 0.3 is 5.97 Å². The van der Waals surface area contributed by atoms with Gasteiger partial charge in [-0.2, -0.15) is 0 Å². The molecule has 0 aliphatic rings. The highest BCUT2D eigenvalue weighted by atomic mass is 79.9. The second kappa shape index (κ2) is 9.91. The molecule has 0 saturated carbocycles. The largest absolute Gasteiger partial charge is 0.467 e. The fourth-order valence-electron chi connectivity index (χ4n) is 2.34. The molecular weight excluding hydrogens is 416 g/mol. The summed E-state index contributed by atoms with van der Waals surface area (Å²) in [6.45, 7) is 3.70. The van der Waals surface area contributed by atoms with Gasteiger partial charge in [0.25, 0.3) is 5.91 Å². The number of esters is 1. The third kappa shape index (κ3) is 6.90. The molecule has 0 saturated heterocycles. The van der Waals surface area contributed by atoms with Crippen LogP contribution in [0.1, 0.15) is 29.7 Å². The zero-order chi connectivity index (χ0) is 19.8. The Morgan fingerprint density at radius 1 is 1.11 bits per heavy atom. The fourth-order valence-corrected chi connectivity index (χ4v) is 2.57. The molecule has 27 heavy (non-hydrogen) atoms. The summed E-state index contributed by atoms with van der Waals surface area (Å²) in [7, 11) is 0. The van der Waals surface area contributed by atoms with Crippen LogP contribution in [0.2, 0.25) is 0 Å². The summed E-state index contributed by atoms with van der Waals surface area (Å²) in [6.07, 6.45) is 1.39. The second-order valence-electron chi connectivity index (χ2n) is 5.99. The van der Waals surface area contributed by atoms with Crippen LogP contribution >= 0.6 is 15.9 Å². The number of anilines is 1. The van der Waals surface area contributed by atoms with Crippen LogP contribution in [0.25, 0.3) is 0 Å². The average Bonchev–Trinajstić information content (AvgIpc) is 3.14. The lowest BCUT2D eigenvalue weighted by Gasteiger charge is -2.10. The summed E-state index contributed by atoms with van der Waals surface area (Å²) in [4.78, 5) is 35.3. The van der Waals surface area contributed by atoms with E-state index < -0.39 is 18.5 Å². The maximum absolute atomic E-state index is 11.9. The predicted octanol–water partition coefficient (Wildman–Crippen LogP) is 3.24. The Bertz CT molecular complexity index is 795. The number of carbonyl (C=O) groups is 3. The van der Waals surface area contributed by atoms with Crippen molar-refractivity contribution in [2.75, 3.05) is 11.9 Å². The van der Waals surface area contributed by atoms with Gasteiger partial charge in [-0.1, -0.05) is 15.9 Å². The summed E-state index contributed by atoms with van der Waals surface area (Å²) in [5, 5.41) is 5.31. The number of aryl methyl sites for hydroxylation is 2. The maximum Gasteiger partial charge on any atom is 0.306 e. The van der Waals surface area contributed by atoms with Gasteiger partial charge in [0.1, 0.15) is 5.76 Å². The minimum Gasteiger partial charge on any atom is -0.467 e. The Kier molecular flexibility index (Phi) is 7.60. The minimum absolute atomic E-state index is 0.0216. The van der Waals surface area contributed by atoms with Gasteiger partial charge in [-0.25, -0.2) is 0 Å². The molecule has 1 aromatic heterocycles. The lowest BCUT2D eigenvalue weighted by Crippen LogP contribution is -2.24. The molecule has 2 rings (SSSR count). The molecule has 0 radical (unpaired) electrons. The Balaban J connectivity index is 1.67. The third-order valence-corrected chi connectivity index (χ3v) is 4.93. The molecule has 144 valence electrons. The summed E-state index contributed by atoms with van der Waals surface area (Å²) in [5.41, 5.74) is 2.61. The molecule has 1 aromatic carbocycles. The van der Waals surface area contributed by atoms with Crippen LogP contribution in [-0.4, -0.2) is 24.4 Å². The predicted molar refractivity (Wildman–Crippen MR) is 103 cm³/mol. The summed E-state index contributed by atoms with van der Waals surface area (Å²) in [6, 6.07) is 7.10. The molecule has 0 bridgehead atoms. The molecule has 0 spiro atoms. The molecule has 0 fully saturated rings. The van der Waals surface area contributed by atoms with Crippen molar-refractivity contribution in [2.45, 2.75) is 33.2 Å². The van der Waals surface area contributed by atoms with Gasteiger partial charge in [0.15, 0.2) is 6.61 Å². The number of hydrogen-bond donors (Lipinski definition) is 2. The van der Waals surface area contributed by atoms with E-state index in [1.165, 1.54) is 6.26 Å². The standard InChI is InChI=1S/C19H21BrN2O5/c1-12-8-14(9-13(2)19(12)20)22-17(24)11-27-18(25)6-5-16(23)21-10-15-4-3-7-26-15/h3-4,7-9H,5-6,10-11H2,1-2H3,(H,21,23)(H,22,24). The normalized spacial score (nSPS) is 10.3. The van der Waals surface area contributed by atoms with Gasteiger partial charge in [-0.05, 0) is 49.2 Å². The number of rotatable bonds is 8. The lowest BCUT2D eigenvalue weighted by atomic mass is 10.1. The SMILES string of the molecule is Cc1cc(NC(=O)COC(=O)CCC(=O)NCc2ccco2)cc(C)c1Br. The number of furan rings is 1. The molecule has 1 heterocycles. The van der Waals surface area contributed by atoms with E-state index >= 15 is 0 Å². The van der Waals surface area contributed by atoms with Crippen molar-refractivity contribution in [2.24, 2.45) is 0 Å². The number of ether oxygens (including phenoxy) is 1. The van der Waals surface area contributed by atoms with Gasteiger partial charge in [-0.15, -0.1) is 0 Å². The fraction of sp³-hybridized carbons (Fsp3) is 0.316. The zero-order valence-electron chi connectivity index (χ0n) is 15.1. The first kappa shape index (κ1) is 20.7. The third-order valence-electron chi connectivity index (χ3n) is 3.68. The second-order valence-corrected chi connectivity index (χ2v) is 6.78. The average molecular weight is 437 g/mol. The van der Waals surface area contributed by atoms with Crippen LogP contribution in [0, 0.1) is 13.8 Å². The topological polar surface area (TPSA) is 97.6 Å². The highest BCUT2D eigenvalue weighted by Gasteiger charge is 2.12. The summed E-state index contributed by atoms with van der Waals surface area (Å²) in [5.74, 6) is -0.720. The Hall–Kier alpha value is -2.61. The molecule has 0 aliphatic carbocycles. The van der Waals surface area contributed by atoms with E-state index in [1.807, 2.05) is 26.0 Å². The molecular formula is C19H21BrN2O5. The molecule has 7 nitrogen and oxygen atoms in total. The number of amides is 2. The molecule has 2 amide bonds. The summed E-state index contributed by atoms with van der Waals surface area (Å²) < 4.78 is 11.0. The molecule has 0 unspecified atom stereocenters. The monoisotopic (exact) mass is 436 g/mol. The van der Waals surface area contributed by atoms with Gasteiger partial charge in [0, 0.05) is 16.6 Å². The van der Waals surface area contributed by atoms with Crippen molar-refractivity contribution in [3.8, 4) is 0 Å². The van der Waals surface area contributed by atoms with Crippen LogP contribution in [0.3, 0.4) is 0 Å². The first-order valence-electron chi connectivity index (χ1n) is 8.36. The minimum atomic E-state index is -0.610. The van der Waals surface area contributed by atoms with Crippen molar-refractivity contribution < 1.29 is 23.5 Å². The van der Waals surface area contributed by atoms with Crippen LogP contribution < -0.4 is 10.6 Å². The van der Waals surface area contributed by atoms with Crippen LogP contribution in [0.15, 0.2) is 39.4 Å². The van der Waals surface area contributed by atoms with Gasteiger partial charge < -0.3 is 19.8 Å². The van der Waals surface area contributed by atoms with E-state index in [0.29, 0.717) is 11.4 Å². The summed E-state index contributed by atoms with van der Waals surface area (Å²) >= 11 is 3.46. The molecule has 2 aromatic rings. The van der Waals surface area contributed by atoms with E-state index in [4.69, 9.17) is 9.15 Å². The van der Waals surface area contributed by atoms with E-state index in [2.05, 4.69) is 26.6 Å². The molecule has 2 N–H and O–H groups in total. The highest BCUT2D eigenvalue weighted by Crippen LogP contribution is 2.24. The van der Waals surface area contributed by atoms with Crippen LogP contribution in [0.5, 0.6) is 0 Å². The lowest BCUT2D eigenvalue weighted by molar-refractivity contribution is -0.148. The number of carbonyl (C=O) groups excluding carboxylic acids is 3. The van der Waals surface area contributed by atoms with Gasteiger partial charge in [-0.3, -0.25) is 14.4 Å². The zero-order valence-corrected chi connectivity index (χ0v) is 16.7. The van der Waals surface area contributed by atoms with Crippen molar-refractivity contribution in [3.63, 3.8) is 0 Å². The van der Waals surface area contributed by atoms with Crippen molar-refractivity contribution in [1.82, 2.24) is 5.32 Å². The van der Waals surface area contributed by atoms with Crippen molar-refractivity contribution in [3.05, 3.63) is 51.9 Å². The van der Waals surface area contributed by atoms with E-state index in [-0.39, 0.29) is 25.3 Å². The van der Waals surface area contributed by atoms with Crippen LogP contribution in [-0.2, 0) is 25.7 Å². The Labute approximate surface area is 165 Å². The number of hydrogen-bond acceptors (Lipinski definition) is 5. The van der Waals surface area contributed by atoms with E-state index in [0.717, 1.165) is 15.6 Å². The highest BCUT2D eigenvalue weighted by molar-refractivity contribution is 9.10. The first-order valence-corrected chi connectivity index (χ1v) is 9.15. The maximum atomic E-state index is 11.9. The van der Waals surface area contributed by atoms with Gasteiger partial charge in [0.2, 0.25) is 5.91 Å². The smallest absolute Gasteiger partial charge is 0.306 e. The Morgan fingerprint density at radius 2 is 1.81 bits per heavy atom.